The molecular weight excluding hydrogens is 326 g/mol. The van der Waals surface area contributed by atoms with Gasteiger partial charge in [-0.15, -0.1) is 12.4 Å². The molecule has 0 saturated carbocycles. The van der Waals surface area contributed by atoms with Crippen LogP contribution in [0.25, 0.3) is 0 Å². The molecule has 0 aromatic carbocycles. The van der Waals surface area contributed by atoms with Gasteiger partial charge in [0.05, 0.1) is 30.1 Å². The van der Waals surface area contributed by atoms with Gasteiger partial charge in [-0.3, -0.25) is 0 Å². The van der Waals surface area contributed by atoms with Crippen LogP contribution in [0.2, 0.25) is 4.34 Å². The molecule has 0 saturated heterocycles. The van der Waals surface area contributed by atoms with Crippen molar-refractivity contribution in [3.63, 3.8) is 0 Å². The van der Waals surface area contributed by atoms with Crippen molar-refractivity contribution >= 4 is 47.2 Å². The third kappa shape index (κ3) is 6.22. The van der Waals surface area contributed by atoms with Crippen LogP contribution in [0.3, 0.4) is 0 Å². The molecule has 20 heavy (non-hydrogen) atoms. The first kappa shape index (κ1) is 20.7. The van der Waals surface area contributed by atoms with Gasteiger partial charge in [0.2, 0.25) is 0 Å². The average Bonchev–Trinajstić information content (AvgIpc) is 2.85. The Balaban J connectivity index is 0.00000361. The van der Waals surface area contributed by atoms with Gasteiger partial charge in [-0.05, 0) is 31.4 Å². The summed E-state index contributed by atoms with van der Waals surface area (Å²) in [5.41, 5.74) is 0. The highest BCUT2D eigenvalue weighted by atomic mass is 35.5. The van der Waals surface area contributed by atoms with E-state index >= 15 is 0 Å². The Morgan fingerprint density at radius 3 is 1.65 bits per heavy atom. The minimum atomic E-state index is -0.943. The highest BCUT2D eigenvalue weighted by Gasteiger charge is 2.39. The van der Waals surface area contributed by atoms with Crippen molar-refractivity contribution in [3.05, 3.63) is 16.5 Å². The zero-order chi connectivity index (χ0) is 14.1. The van der Waals surface area contributed by atoms with E-state index in [4.69, 9.17) is 11.6 Å². The van der Waals surface area contributed by atoms with Crippen molar-refractivity contribution in [2.45, 2.75) is 59.3 Å². The molecule has 118 valence electrons. The van der Waals surface area contributed by atoms with E-state index in [0.717, 1.165) is 4.34 Å². The van der Waals surface area contributed by atoms with Gasteiger partial charge < -0.3 is 0 Å². The molecule has 0 unspecified atom stereocenters. The van der Waals surface area contributed by atoms with Gasteiger partial charge in [0.1, 0.15) is 4.62 Å². The molecule has 1 aromatic rings. The predicted octanol–water partition coefficient (Wildman–Crippen LogP) is 6.87. The molecule has 0 aliphatic heterocycles. The van der Waals surface area contributed by atoms with Crippen LogP contribution in [0.4, 0.5) is 0 Å². The first-order valence-electron chi connectivity index (χ1n) is 7.80. The fourth-order valence-electron chi connectivity index (χ4n) is 2.61. The van der Waals surface area contributed by atoms with E-state index < -0.39 is 7.26 Å². The lowest BCUT2D eigenvalue weighted by Gasteiger charge is -2.26. The molecule has 0 amide bonds. The lowest BCUT2D eigenvalue weighted by Crippen LogP contribution is -2.18. The first-order valence-corrected chi connectivity index (χ1v) is 11.3. The predicted molar refractivity (Wildman–Crippen MR) is 102 cm³/mol. The van der Waals surface area contributed by atoms with Crippen LogP contribution in [-0.4, -0.2) is 18.5 Å². The van der Waals surface area contributed by atoms with E-state index in [9.17, 15) is 0 Å². The van der Waals surface area contributed by atoms with Gasteiger partial charge in [0, 0.05) is 0 Å². The van der Waals surface area contributed by atoms with Crippen LogP contribution in [0.5, 0.6) is 0 Å². The summed E-state index contributed by atoms with van der Waals surface area (Å²) < 4.78 is 2.62. The van der Waals surface area contributed by atoms with Gasteiger partial charge in [0.15, 0.2) is 0 Å². The van der Waals surface area contributed by atoms with Crippen molar-refractivity contribution in [1.29, 1.82) is 0 Å². The zero-order valence-electron chi connectivity index (χ0n) is 13.2. The number of halogens is 2. The van der Waals surface area contributed by atoms with Crippen molar-refractivity contribution < 1.29 is 0 Å². The molecule has 0 nitrogen and oxygen atoms in total. The van der Waals surface area contributed by atoms with Crippen molar-refractivity contribution in [2.75, 3.05) is 18.5 Å². The topological polar surface area (TPSA) is 0 Å². The standard InChI is InChI=1S/C16H29ClPS.ClH/c1-4-7-12-18(13-8-5-2,14-9-6-3)16-11-10-15(17)19-16;/h10-11H,4-9,12-14H2,1-3H3;1H/q+1;. The van der Waals surface area contributed by atoms with Crippen molar-refractivity contribution in [3.8, 4) is 0 Å². The van der Waals surface area contributed by atoms with E-state index in [2.05, 4.69) is 32.9 Å². The maximum absolute atomic E-state index is 6.20. The number of rotatable bonds is 10. The molecule has 1 rings (SSSR count). The maximum Gasteiger partial charge on any atom is 0.147 e. The van der Waals surface area contributed by atoms with Gasteiger partial charge in [-0.2, -0.15) is 0 Å². The molecule has 0 bridgehead atoms. The second-order valence-corrected chi connectivity index (χ2v) is 11.6. The first-order chi connectivity index (χ1) is 9.18. The lowest BCUT2D eigenvalue weighted by molar-refractivity contribution is 0.841. The monoisotopic (exact) mass is 355 g/mol. The number of unbranched alkanes of at least 4 members (excludes halogenated alkanes) is 3. The Morgan fingerprint density at radius 2 is 1.35 bits per heavy atom. The molecule has 0 aliphatic carbocycles. The molecule has 4 heteroatoms. The minimum Gasteiger partial charge on any atom is -0.147 e. The summed E-state index contributed by atoms with van der Waals surface area (Å²) in [7, 11) is -0.943. The smallest absolute Gasteiger partial charge is 0.147 e. The summed E-state index contributed by atoms with van der Waals surface area (Å²) in [6, 6.07) is 4.45. The Bertz CT molecular complexity index is 330. The van der Waals surface area contributed by atoms with Gasteiger partial charge >= 0.3 is 0 Å². The van der Waals surface area contributed by atoms with Gasteiger partial charge in [-0.25, -0.2) is 0 Å². The Kier molecular flexibility index (Phi) is 11.7. The number of thiophene rings is 1. The molecule has 0 aliphatic rings. The molecule has 1 aromatic heterocycles. The number of hydrogen-bond acceptors (Lipinski definition) is 1. The molecule has 1 heterocycles. The molecule has 0 atom stereocenters. The fourth-order valence-corrected chi connectivity index (χ4v) is 9.93. The van der Waals surface area contributed by atoms with Crippen LogP contribution in [0.1, 0.15) is 59.3 Å². The van der Waals surface area contributed by atoms with Crippen molar-refractivity contribution in [2.24, 2.45) is 0 Å². The van der Waals surface area contributed by atoms with Crippen LogP contribution in [-0.2, 0) is 0 Å². The third-order valence-corrected chi connectivity index (χ3v) is 10.9. The summed E-state index contributed by atoms with van der Waals surface area (Å²) in [5, 5.41) is 0. The highest BCUT2D eigenvalue weighted by molar-refractivity contribution is 7.87. The SMILES string of the molecule is CCCC[P+](CCCC)(CCCC)c1ccc(Cl)s1.Cl. The molecule has 0 spiro atoms. The van der Waals surface area contributed by atoms with Gasteiger partial charge in [-0.1, -0.05) is 63.0 Å². The summed E-state index contributed by atoms with van der Waals surface area (Å²) in [6.45, 7) is 6.95. The van der Waals surface area contributed by atoms with E-state index in [1.54, 1.807) is 4.62 Å². The normalized spacial score (nSPS) is 11.4. The molecular formula is C16H30Cl2PS+. The quantitative estimate of drug-likeness (QED) is 0.401. The van der Waals surface area contributed by atoms with Crippen LogP contribution >= 0.6 is 42.6 Å². The Hall–Kier alpha value is 0.710. The zero-order valence-corrected chi connectivity index (χ0v) is 16.4. The van der Waals surface area contributed by atoms with Crippen LogP contribution < -0.4 is 4.62 Å². The summed E-state index contributed by atoms with van der Waals surface area (Å²) >= 11 is 8.07. The lowest BCUT2D eigenvalue weighted by atomic mass is 10.4. The maximum atomic E-state index is 6.20. The summed E-state index contributed by atoms with van der Waals surface area (Å²) in [4.78, 5) is 0. The summed E-state index contributed by atoms with van der Waals surface area (Å²) in [6.07, 6.45) is 12.4. The van der Waals surface area contributed by atoms with E-state index in [0.29, 0.717) is 0 Å². The van der Waals surface area contributed by atoms with E-state index in [-0.39, 0.29) is 12.4 Å². The number of hydrogen-bond donors (Lipinski definition) is 0. The largest absolute Gasteiger partial charge is 0.147 e. The van der Waals surface area contributed by atoms with Crippen molar-refractivity contribution in [1.82, 2.24) is 0 Å². The van der Waals surface area contributed by atoms with Crippen LogP contribution in [0.15, 0.2) is 12.1 Å². The molecule has 0 fully saturated rings. The summed E-state index contributed by atoms with van der Waals surface area (Å²) in [5.74, 6) is 0. The second kappa shape index (κ2) is 11.3. The third-order valence-electron chi connectivity index (χ3n) is 3.85. The Morgan fingerprint density at radius 1 is 0.900 bits per heavy atom. The average molecular weight is 356 g/mol. The van der Waals surface area contributed by atoms with E-state index in [1.165, 1.54) is 57.0 Å². The molecule has 0 radical (unpaired) electrons. The molecule has 0 N–H and O–H groups in total. The fraction of sp³-hybridized carbons (Fsp3) is 0.750. The van der Waals surface area contributed by atoms with Crippen LogP contribution in [0, 0.1) is 0 Å². The Labute approximate surface area is 141 Å². The minimum absolute atomic E-state index is 0. The second-order valence-electron chi connectivity index (χ2n) is 5.45. The van der Waals surface area contributed by atoms with Gasteiger partial charge in [0.25, 0.3) is 0 Å². The van der Waals surface area contributed by atoms with E-state index in [1.807, 2.05) is 11.3 Å². The highest BCUT2D eigenvalue weighted by Crippen LogP contribution is 2.61.